The molecule has 6 heteroatoms. The van der Waals surface area contributed by atoms with Gasteiger partial charge in [-0.2, -0.15) is 0 Å². The second-order valence-electron chi connectivity index (χ2n) is 6.56. The molecular formula is C18H17N5O. The number of fused-ring (bicyclic) bond motifs is 5. The summed E-state index contributed by atoms with van der Waals surface area (Å²) in [7, 11) is 0. The highest BCUT2D eigenvalue weighted by atomic mass is 16.2. The molecule has 2 atom stereocenters. The quantitative estimate of drug-likeness (QED) is 0.690. The largest absolute Gasteiger partial charge is 0.327 e. The molecule has 2 aliphatic rings. The molecule has 0 saturated carbocycles. The molecule has 1 amide bonds. The molecule has 5 rings (SSSR count). The van der Waals surface area contributed by atoms with Crippen molar-refractivity contribution in [2.45, 2.75) is 38.3 Å². The number of hydrogen-bond donors (Lipinski definition) is 0. The van der Waals surface area contributed by atoms with Crippen molar-refractivity contribution in [2.24, 2.45) is 0 Å². The van der Waals surface area contributed by atoms with Crippen molar-refractivity contribution in [1.29, 1.82) is 0 Å². The van der Waals surface area contributed by atoms with Gasteiger partial charge in [-0.05, 0) is 31.9 Å². The molecule has 24 heavy (non-hydrogen) atoms. The molecule has 2 unspecified atom stereocenters. The maximum absolute atomic E-state index is 13.4. The molecule has 0 N–H and O–H groups in total. The summed E-state index contributed by atoms with van der Waals surface area (Å²) in [6, 6.07) is 6.10. The van der Waals surface area contributed by atoms with E-state index in [9.17, 15) is 4.79 Å². The standard InChI is InChI=1S/C18H17N5O/c1-11-17(22-7-3-2-4-16(22)21-11)18(24)23-12-5-6-15(23)13-9-19-10-20-14(13)8-12/h2-4,7,9-10,12,15H,5-6,8H2,1H3. The second-order valence-corrected chi connectivity index (χ2v) is 6.56. The molecule has 3 aromatic rings. The topological polar surface area (TPSA) is 63.4 Å². The molecule has 120 valence electrons. The Bertz CT molecular complexity index is 963. The summed E-state index contributed by atoms with van der Waals surface area (Å²) in [5.41, 5.74) is 4.46. The average molecular weight is 319 g/mol. The fraction of sp³-hybridized carbons (Fsp3) is 0.333. The van der Waals surface area contributed by atoms with E-state index in [-0.39, 0.29) is 18.0 Å². The van der Waals surface area contributed by atoms with E-state index < -0.39 is 0 Å². The lowest BCUT2D eigenvalue weighted by Crippen LogP contribution is -2.43. The Morgan fingerprint density at radius 2 is 2.21 bits per heavy atom. The number of pyridine rings is 1. The summed E-state index contributed by atoms with van der Waals surface area (Å²) in [6.07, 6.45) is 8.19. The van der Waals surface area contributed by atoms with Crippen LogP contribution in [-0.2, 0) is 6.42 Å². The molecule has 2 aliphatic heterocycles. The summed E-state index contributed by atoms with van der Waals surface area (Å²) < 4.78 is 1.90. The molecule has 1 saturated heterocycles. The van der Waals surface area contributed by atoms with Gasteiger partial charge in [0.25, 0.3) is 5.91 Å². The molecule has 1 fully saturated rings. The first-order valence-corrected chi connectivity index (χ1v) is 8.29. The highest BCUT2D eigenvalue weighted by molar-refractivity contribution is 5.95. The van der Waals surface area contributed by atoms with Crippen LogP contribution in [0.15, 0.2) is 36.9 Å². The van der Waals surface area contributed by atoms with E-state index in [1.54, 1.807) is 6.33 Å². The van der Waals surface area contributed by atoms with Crippen molar-refractivity contribution in [3.8, 4) is 0 Å². The molecule has 0 aromatic carbocycles. The van der Waals surface area contributed by atoms with Gasteiger partial charge in [0.1, 0.15) is 17.7 Å². The first-order chi connectivity index (χ1) is 11.7. The van der Waals surface area contributed by atoms with Crippen LogP contribution in [0.1, 0.15) is 46.3 Å². The number of hydrogen-bond acceptors (Lipinski definition) is 4. The number of rotatable bonds is 1. The Hall–Kier alpha value is -2.76. The predicted molar refractivity (Wildman–Crippen MR) is 87.6 cm³/mol. The van der Waals surface area contributed by atoms with Crippen molar-refractivity contribution in [1.82, 2.24) is 24.3 Å². The normalized spacial score (nSPS) is 22.0. The van der Waals surface area contributed by atoms with E-state index in [2.05, 4.69) is 15.0 Å². The zero-order valence-electron chi connectivity index (χ0n) is 13.4. The van der Waals surface area contributed by atoms with Gasteiger partial charge in [-0.25, -0.2) is 15.0 Å². The lowest BCUT2D eigenvalue weighted by Gasteiger charge is -2.35. The van der Waals surface area contributed by atoms with Crippen LogP contribution in [0, 0.1) is 6.92 Å². The summed E-state index contributed by atoms with van der Waals surface area (Å²) in [4.78, 5) is 28.6. The summed E-state index contributed by atoms with van der Waals surface area (Å²) in [5.74, 6) is 0.0632. The zero-order chi connectivity index (χ0) is 16.3. The zero-order valence-corrected chi connectivity index (χ0v) is 13.4. The number of imidazole rings is 1. The van der Waals surface area contributed by atoms with E-state index in [1.807, 2.05) is 46.8 Å². The smallest absolute Gasteiger partial charge is 0.273 e. The molecule has 2 bridgehead atoms. The van der Waals surface area contributed by atoms with Gasteiger partial charge < -0.3 is 4.90 Å². The SMILES string of the molecule is Cc1nc2ccccn2c1C(=O)N1C2CCC1c1cncnc1C2. The van der Waals surface area contributed by atoms with Crippen LogP contribution in [0.25, 0.3) is 5.65 Å². The Morgan fingerprint density at radius 3 is 3.12 bits per heavy atom. The van der Waals surface area contributed by atoms with E-state index in [4.69, 9.17) is 0 Å². The Morgan fingerprint density at radius 1 is 1.29 bits per heavy atom. The van der Waals surface area contributed by atoms with Crippen molar-refractivity contribution in [3.63, 3.8) is 0 Å². The van der Waals surface area contributed by atoms with Crippen LogP contribution in [0.3, 0.4) is 0 Å². The van der Waals surface area contributed by atoms with Crippen LogP contribution in [-0.4, -0.2) is 36.2 Å². The van der Waals surface area contributed by atoms with E-state index in [1.165, 1.54) is 0 Å². The fourth-order valence-corrected chi connectivity index (χ4v) is 4.23. The number of carbonyl (C=O) groups excluding carboxylic acids is 1. The summed E-state index contributed by atoms with van der Waals surface area (Å²) >= 11 is 0. The van der Waals surface area contributed by atoms with Crippen molar-refractivity contribution in [3.05, 3.63) is 59.6 Å². The van der Waals surface area contributed by atoms with Gasteiger partial charge in [0, 0.05) is 30.4 Å². The number of aryl methyl sites for hydroxylation is 1. The molecular weight excluding hydrogens is 302 g/mol. The Labute approximate surface area is 139 Å². The van der Waals surface area contributed by atoms with Crippen LogP contribution in [0.2, 0.25) is 0 Å². The minimum atomic E-state index is 0.0632. The third-order valence-electron chi connectivity index (χ3n) is 5.26. The number of carbonyl (C=O) groups is 1. The minimum absolute atomic E-state index is 0.0632. The van der Waals surface area contributed by atoms with Crippen molar-refractivity contribution >= 4 is 11.6 Å². The minimum Gasteiger partial charge on any atom is -0.327 e. The van der Waals surface area contributed by atoms with Crippen LogP contribution < -0.4 is 0 Å². The van der Waals surface area contributed by atoms with E-state index in [0.29, 0.717) is 5.69 Å². The molecule has 0 aliphatic carbocycles. The monoisotopic (exact) mass is 319 g/mol. The highest BCUT2D eigenvalue weighted by Crippen LogP contribution is 2.43. The van der Waals surface area contributed by atoms with Gasteiger partial charge in [-0.3, -0.25) is 9.20 Å². The fourth-order valence-electron chi connectivity index (χ4n) is 4.23. The maximum atomic E-state index is 13.4. The number of amides is 1. The van der Waals surface area contributed by atoms with Crippen LogP contribution >= 0.6 is 0 Å². The molecule has 5 heterocycles. The lowest BCUT2D eigenvalue weighted by atomic mass is 9.99. The third-order valence-corrected chi connectivity index (χ3v) is 5.26. The second kappa shape index (κ2) is 4.87. The molecule has 0 radical (unpaired) electrons. The number of nitrogens with zero attached hydrogens (tertiary/aromatic N) is 5. The van der Waals surface area contributed by atoms with Gasteiger partial charge in [0.05, 0.1) is 17.4 Å². The van der Waals surface area contributed by atoms with Crippen LogP contribution in [0.4, 0.5) is 0 Å². The Kier molecular flexibility index (Phi) is 2.77. The summed E-state index contributed by atoms with van der Waals surface area (Å²) in [5, 5.41) is 0. The molecule has 6 nitrogen and oxygen atoms in total. The van der Waals surface area contributed by atoms with Gasteiger partial charge in [0.15, 0.2) is 0 Å². The van der Waals surface area contributed by atoms with Gasteiger partial charge in [0.2, 0.25) is 0 Å². The highest BCUT2D eigenvalue weighted by Gasteiger charge is 2.44. The number of aromatic nitrogens is 4. The summed E-state index contributed by atoms with van der Waals surface area (Å²) in [6.45, 7) is 1.91. The molecule has 3 aromatic heterocycles. The third kappa shape index (κ3) is 1.76. The van der Waals surface area contributed by atoms with Crippen LogP contribution in [0.5, 0.6) is 0 Å². The van der Waals surface area contributed by atoms with E-state index >= 15 is 0 Å². The van der Waals surface area contributed by atoms with Gasteiger partial charge in [-0.15, -0.1) is 0 Å². The first kappa shape index (κ1) is 13.7. The Balaban J connectivity index is 1.62. The predicted octanol–water partition coefficient (Wildman–Crippen LogP) is 2.33. The van der Waals surface area contributed by atoms with Gasteiger partial charge in [-0.1, -0.05) is 6.07 Å². The van der Waals surface area contributed by atoms with Crippen molar-refractivity contribution in [2.75, 3.05) is 0 Å². The van der Waals surface area contributed by atoms with Gasteiger partial charge >= 0.3 is 0 Å². The maximum Gasteiger partial charge on any atom is 0.273 e. The molecule has 0 spiro atoms. The van der Waals surface area contributed by atoms with Crippen molar-refractivity contribution < 1.29 is 4.79 Å². The lowest BCUT2D eigenvalue weighted by molar-refractivity contribution is 0.0635. The van der Waals surface area contributed by atoms with E-state index in [0.717, 1.165) is 41.9 Å². The average Bonchev–Trinajstić information content (AvgIpc) is 3.10. The first-order valence-electron chi connectivity index (χ1n) is 8.29.